The summed E-state index contributed by atoms with van der Waals surface area (Å²) in [5, 5.41) is 16.5. The van der Waals surface area contributed by atoms with E-state index in [-0.39, 0.29) is 30.1 Å². The van der Waals surface area contributed by atoms with Crippen LogP contribution in [0.1, 0.15) is 32.1 Å². The van der Waals surface area contributed by atoms with Crippen molar-refractivity contribution in [3.63, 3.8) is 0 Å². The highest BCUT2D eigenvalue weighted by molar-refractivity contribution is 14.0. The van der Waals surface area contributed by atoms with Crippen molar-refractivity contribution in [1.29, 1.82) is 0 Å². The number of ether oxygens (including phenoxy) is 1. The molecular formula is C14H28IN3O2. The molecule has 1 heterocycles. The lowest BCUT2D eigenvalue weighted by Crippen LogP contribution is -2.43. The van der Waals surface area contributed by atoms with E-state index in [2.05, 4.69) is 15.6 Å². The molecule has 0 aromatic rings. The summed E-state index contributed by atoms with van der Waals surface area (Å²) in [6.45, 7) is 3.53. The van der Waals surface area contributed by atoms with Crippen LogP contribution in [-0.2, 0) is 4.74 Å². The first kappa shape index (κ1) is 18.0. The fourth-order valence-corrected chi connectivity index (χ4v) is 2.90. The minimum absolute atomic E-state index is 0. The van der Waals surface area contributed by atoms with Crippen LogP contribution in [0.5, 0.6) is 0 Å². The normalized spacial score (nSPS) is 28.0. The van der Waals surface area contributed by atoms with E-state index < -0.39 is 0 Å². The summed E-state index contributed by atoms with van der Waals surface area (Å²) in [5.74, 6) is 1.91. The molecule has 5 nitrogen and oxygen atoms in total. The average Bonchev–Trinajstić information content (AvgIpc) is 2.86. The van der Waals surface area contributed by atoms with Gasteiger partial charge in [-0.25, -0.2) is 0 Å². The molecule has 0 aromatic heterocycles. The van der Waals surface area contributed by atoms with Crippen molar-refractivity contribution in [2.45, 2.75) is 38.2 Å². The molecule has 1 saturated carbocycles. The number of halogens is 1. The van der Waals surface area contributed by atoms with Crippen molar-refractivity contribution in [3.05, 3.63) is 0 Å². The zero-order chi connectivity index (χ0) is 13.5. The molecule has 6 heteroatoms. The Bertz CT molecular complexity index is 296. The predicted octanol–water partition coefficient (Wildman–Crippen LogP) is 1.36. The summed E-state index contributed by atoms with van der Waals surface area (Å²) >= 11 is 0. The minimum atomic E-state index is -0.138. The van der Waals surface area contributed by atoms with E-state index in [0.29, 0.717) is 11.8 Å². The van der Waals surface area contributed by atoms with Crippen molar-refractivity contribution in [2.75, 3.05) is 33.4 Å². The molecule has 2 aliphatic rings. The number of nitrogens with one attached hydrogen (secondary N) is 2. The largest absolute Gasteiger partial charge is 0.393 e. The molecule has 2 rings (SSSR count). The third-order valence-corrected chi connectivity index (χ3v) is 4.27. The standard InChI is InChI=1S/C14H27N3O2.HI/c1-15-14(16-9-11-5-7-19-8-6-11)17-10-12-3-2-4-13(12)18;/h11-13,18H,2-10H2,1H3,(H2,15,16,17);1H. The summed E-state index contributed by atoms with van der Waals surface area (Å²) in [7, 11) is 1.80. The second-order valence-corrected chi connectivity index (χ2v) is 5.65. The van der Waals surface area contributed by atoms with Gasteiger partial charge in [-0.15, -0.1) is 24.0 Å². The van der Waals surface area contributed by atoms with Crippen molar-refractivity contribution in [2.24, 2.45) is 16.8 Å². The molecule has 2 fully saturated rings. The maximum Gasteiger partial charge on any atom is 0.190 e. The Kier molecular flexibility index (Phi) is 8.79. The Morgan fingerprint density at radius 1 is 1.15 bits per heavy atom. The molecule has 0 radical (unpaired) electrons. The van der Waals surface area contributed by atoms with Crippen LogP contribution in [0.2, 0.25) is 0 Å². The smallest absolute Gasteiger partial charge is 0.190 e. The number of hydrogen-bond acceptors (Lipinski definition) is 3. The molecule has 3 N–H and O–H groups in total. The van der Waals surface area contributed by atoms with E-state index >= 15 is 0 Å². The highest BCUT2D eigenvalue weighted by Crippen LogP contribution is 2.24. The van der Waals surface area contributed by atoms with Gasteiger partial charge in [0.05, 0.1) is 6.10 Å². The third kappa shape index (κ3) is 5.73. The van der Waals surface area contributed by atoms with E-state index in [0.717, 1.165) is 64.4 Å². The lowest BCUT2D eigenvalue weighted by Gasteiger charge is -2.24. The van der Waals surface area contributed by atoms with Gasteiger partial charge in [-0.1, -0.05) is 6.42 Å². The monoisotopic (exact) mass is 397 g/mol. The highest BCUT2D eigenvalue weighted by atomic mass is 127. The first-order valence-corrected chi connectivity index (χ1v) is 7.50. The maximum absolute atomic E-state index is 9.79. The summed E-state index contributed by atoms with van der Waals surface area (Å²) in [6.07, 6.45) is 5.32. The fraction of sp³-hybridized carbons (Fsp3) is 0.929. The van der Waals surface area contributed by atoms with E-state index in [1.54, 1.807) is 7.05 Å². The second-order valence-electron chi connectivity index (χ2n) is 5.65. The van der Waals surface area contributed by atoms with Gasteiger partial charge in [-0.2, -0.15) is 0 Å². The van der Waals surface area contributed by atoms with Gasteiger partial charge in [-0.3, -0.25) is 4.99 Å². The topological polar surface area (TPSA) is 65.9 Å². The van der Waals surface area contributed by atoms with Crippen LogP contribution in [0, 0.1) is 11.8 Å². The van der Waals surface area contributed by atoms with E-state index in [1.165, 1.54) is 0 Å². The number of aliphatic hydroxyl groups is 1. The molecule has 2 unspecified atom stereocenters. The second kappa shape index (κ2) is 9.78. The van der Waals surface area contributed by atoms with Gasteiger partial charge in [0.15, 0.2) is 5.96 Å². The van der Waals surface area contributed by atoms with E-state index in [9.17, 15) is 5.11 Å². The van der Waals surface area contributed by atoms with Crippen molar-refractivity contribution < 1.29 is 9.84 Å². The first-order valence-electron chi connectivity index (χ1n) is 7.50. The molecule has 0 bridgehead atoms. The molecule has 1 aliphatic carbocycles. The zero-order valence-electron chi connectivity index (χ0n) is 12.3. The van der Waals surface area contributed by atoms with Gasteiger partial charge in [0.2, 0.25) is 0 Å². The summed E-state index contributed by atoms with van der Waals surface area (Å²) in [4.78, 5) is 4.24. The number of guanidine groups is 1. The predicted molar refractivity (Wildman–Crippen MR) is 91.7 cm³/mol. The van der Waals surface area contributed by atoms with E-state index in [4.69, 9.17) is 4.74 Å². The minimum Gasteiger partial charge on any atom is -0.393 e. The Morgan fingerprint density at radius 2 is 1.85 bits per heavy atom. The lowest BCUT2D eigenvalue weighted by atomic mass is 10.0. The van der Waals surface area contributed by atoms with Crippen LogP contribution in [0.25, 0.3) is 0 Å². The Balaban J connectivity index is 0.00000200. The number of aliphatic hydroxyl groups excluding tert-OH is 1. The van der Waals surface area contributed by atoms with Gasteiger partial charge in [-0.05, 0) is 31.6 Å². The van der Waals surface area contributed by atoms with Crippen molar-refractivity contribution in [3.8, 4) is 0 Å². The van der Waals surface area contributed by atoms with Gasteiger partial charge in [0, 0.05) is 39.3 Å². The third-order valence-electron chi connectivity index (χ3n) is 4.27. The Morgan fingerprint density at radius 3 is 2.45 bits per heavy atom. The molecular weight excluding hydrogens is 369 g/mol. The molecule has 1 saturated heterocycles. The van der Waals surface area contributed by atoms with Gasteiger partial charge >= 0.3 is 0 Å². The average molecular weight is 397 g/mol. The van der Waals surface area contributed by atoms with Gasteiger partial charge < -0.3 is 20.5 Å². The molecule has 1 aliphatic heterocycles. The number of rotatable bonds is 4. The van der Waals surface area contributed by atoms with Crippen molar-refractivity contribution >= 4 is 29.9 Å². The summed E-state index contributed by atoms with van der Waals surface area (Å²) in [6, 6.07) is 0. The van der Waals surface area contributed by atoms with Crippen LogP contribution in [0.4, 0.5) is 0 Å². The highest BCUT2D eigenvalue weighted by Gasteiger charge is 2.25. The number of aliphatic imine (C=N–C) groups is 1. The van der Waals surface area contributed by atoms with Crippen molar-refractivity contribution in [1.82, 2.24) is 10.6 Å². The SMILES string of the molecule is CN=C(NCC1CCOCC1)NCC1CCCC1O.I. The molecule has 0 spiro atoms. The summed E-state index contributed by atoms with van der Waals surface area (Å²) in [5.41, 5.74) is 0. The Labute approximate surface area is 139 Å². The van der Waals surface area contributed by atoms with Crippen LogP contribution >= 0.6 is 24.0 Å². The van der Waals surface area contributed by atoms with Crippen LogP contribution in [-0.4, -0.2) is 50.5 Å². The van der Waals surface area contributed by atoms with Crippen LogP contribution < -0.4 is 10.6 Å². The van der Waals surface area contributed by atoms with Crippen LogP contribution in [0.3, 0.4) is 0 Å². The Hall–Kier alpha value is -0.0800. The molecule has 118 valence electrons. The lowest BCUT2D eigenvalue weighted by molar-refractivity contribution is 0.0675. The zero-order valence-corrected chi connectivity index (χ0v) is 14.6. The first-order chi connectivity index (χ1) is 9.29. The van der Waals surface area contributed by atoms with Gasteiger partial charge in [0.1, 0.15) is 0 Å². The fourth-order valence-electron chi connectivity index (χ4n) is 2.90. The number of nitrogens with zero attached hydrogens (tertiary/aromatic N) is 1. The number of hydrogen-bond donors (Lipinski definition) is 3. The molecule has 0 amide bonds. The molecule has 20 heavy (non-hydrogen) atoms. The van der Waals surface area contributed by atoms with E-state index in [1.807, 2.05) is 0 Å². The van der Waals surface area contributed by atoms with Crippen LogP contribution in [0.15, 0.2) is 4.99 Å². The van der Waals surface area contributed by atoms with Gasteiger partial charge in [0.25, 0.3) is 0 Å². The molecule has 2 atom stereocenters. The maximum atomic E-state index is 9.79. The molecule has 0 aromatic carbocycles. The summed E-state index contributed by atoms with van der Waals surface area (Å²) < 4.78 is 5.36. The quantitative estimate of drug-likeness (QED) is 0.381.